The first kappa shape index (κ1) is 22.5. The van der Waals surface area contributed by atoms with E-state index in [9.17, 15) is 14.4 Å². The lowest BCUT2D eigenvalue weighted by atomic mass is 10.0. The Balaban J connectivity index is 1.72. The van der Waals surface area contributed by atoms with Crippen LogP contribution in [0.3, 0.4) is 0 Å². The first-order chi connectivity index (χ1) is 15.5. The summed E-state index contributed by atoms with van der Waals surface area (Å²) in [5.74, 6) is 0. The minimum Gasteiger partial charge on any atom is -0.453 e. The van der Waals surface area contributed by atoms with E-state index in [1.54, 1.807) is 30.3 Å². The van der Waals surface area contributed by atoms with Crippen LogP contribution in [0.5, 0.6) is 0 Å². The SMILES string of the molecule is COC(=O)Nc1ccc(-c2cc([C@H](CN)NC(=O)OCc3ccccc3)n[nH]c2=O)cc1. The second-order valence-electron chi connectivity index (χ2n) is 6.72. The van der Waals surface area contributed by atoms with Gasteiger partial charge in [-0.15, -0.1) is 0 Å². The van der Waals surface area contributed by atoms with E-state index >= 15 is 0 Å². The van der Waals surface area contributed by atoms with Gasteiger partial charge in [0.05, 0.1) is 24.4 Å². The van der Waals surface area contributed by atoms with Crippen molar-refractivity contribution in [1.29, 1.82) is 0 Å². The lowest BCUT2D eigenvalue weighted by Gasteiger charge is -2.16. The maximum atomic E-state index is 12.3. The van der Waals surface area contributed by atoms with Crippen molar-refractivity contribution in [1.82, 2.24) is 15.5 Å². The van der Waals surface area contributed by atoms with Crippen molar-refractivity contribution in [2.45, 2.75) is 12.6 Å². The number of amides is 2. The predicted octanol–water partition coefficient (Wildman–Crippen LogP) is 2.54. The largest absolute Gasteiger partial charge is 0.453 e. The van der Waals surface area contributed by atoms with Crippen molar-refractivity contribution >= 4 is 17.9 Å². The van der Waals surface area contributed by atoms with Crippen LogP contribution in [0.25, 0.3) is 11.1 Å². The molecule has 0 saturated carbocycles. The van der Waals surface area contributed by atoms with Crippen LogP contribution in [0.15, 0.2) is 65.5 Å². The van der Waals surface area contributed by atoms with E-state index in [1.807, 2.05) is 30.3 Å². The molecule has 0 bridgehead atoms. The quantitative estimate of drug-likeness (QED) is 0.444. The van der Waals surface area contributed by atoms with Gasteiger partial charge < -0.3 is 20.5 Å². The van der Waals surface area contributed by atoms with E-state index in [0.29, 0.717) is 22.5 Å². The number of nitrogens with two attached hydrogens (primary N) is 1. The number of nitrogens with one attached hydrogen (secondary N) is 3. The average molecular weight is 437 g/mol. The highest BCUT2D eigenvalue weighted by atomic mass is 16.5. The van der Waals surface area contributed by atoms with Crippen molar-refractivity contribution in [3.63, 3.8) is 0 Å². The third-order valence-corrected chi connectivity index (χ3v) is 4.55. The molecule has 0 aliphatic heterocycles. The smallest absolute Gasteiger partial charge is 0.411 e. The second kappa shape index (κ2) is 10.7. The maximum Gasteiger partial charge on any atom is 0.411 e. The van der Waals surface area contributed by atoms with Crippen LogP contribution in [0.2, 0.25) is 0 Å². The van der Waals surface area contributed by atoms with Crippen LogP contribution < -0.4 is 21.9 Å². The molecule has 3 aromatic rings. The molecule has 32 heavy (non-hydrogen) atoms. The molecule has 0 spiro atoms. The van der Waals surface area contributed by atoms with Gasteiger partial charge in [0, 0.05) is 12.2 Å². The molecule has 0 fully saturated rings. The molecular weight excluding hydrogens is 414 g/mol. The van der Waals surface area contributed by atoms with Gasteiger partial charge in [-0.1, -0.05) is 42.5 Å². The van der Waals surface area contributed by atoms with E-state index in [2.05, 4.69) is 25.6 Å². The van der Waals surface area contributed by atoms with Gasteiger partial charge in [-0.05, 0) is 29.3 Å². The highest BCUT2D eigenvalue weighted by molar-refractivity contribution is 5.85. The van der Waals surface area contributed by atoms with Crippen molar-refractivity contribution in [3.8, 4) is 11.1 Å². The Morgan fingerprint density at radius 2 is 1.81 bits per heavy atom. The summed E-state index contributed by atoms with van der Waals surface area (Å²) in [5, 5.41) is 11.6. The first-order valence-corrected chi connectivity index (χ1v) is 9.72. The summed E-state index contributed by atoms with van der Waals surface area (Å²) in [5.41, 5.74) is 8.05. The molecule has 0 radical (unpaired) electrons. The van der Waals surface area contributed by atoms with Gasteiger partial charge in [0.2, 0.25) is 0 Å². The van der Waals surface area contributed by atoms with Crippen molar-refractivity contribution in [2.75, 3.05) is 19.0 Å². The molecule has 0 saturated heterocycles. The zero-order chi connectivity index (χ0) is 22.9. The van der Waals surface area contributed by atoms with Crippen molar-refractivity contribution < 1.29 is 19.1 Å². The fourth-order valence-corrected chi connectivity index (χ4v) is 2.88. The summed E-state index contributed by atoms with van der Waals surface area (Å²) in [6, 6.07) is 16.7. The molecule has 3 rings (SSSR count). The number of carbonyl (C=O) groups is 2. The van der Waals surface area contributed by atoms with Gasteiger partial charge in [-0.25, -0.2) is 14.7 Å². The number of methoxy groups -OCH3 is 1. The number of hydrogen-bond donors (Lipinski definition) is 4. The summed E-state index contributed by atoms with van der Waals surface area (Å²) in [7, 11) is 1.26. The molecule has 10 nitrogen and oxygen atoms in total. The van der Waals surface area contributed by atoms with Gasteiger partial charge in [0.1, 0.15) is 6.61 Å². The third-order valence-electron chi connectivity index (χ3n) is 4.55. The number of benzene rings is 2. The van der Waals surface area contributed by atoms with Crippen molar-refractivity contribution in [3.05, 3.63) is 82.3 Å². The third kappa shape index (κ3) is 5.92. The number of nitrogens with zero attached hydrogens (tertiary/aromatic N) is 1. The molecule has 0 aliphatic carbocycles. The topological polar surface area (TPSA) is 148 Å². The zero-order valence-electron chi connectivity index (χ0n) is 17.3. The molecule has 0 aliphatic rings. The molecule has 2 aromatic carbocycles. The molecule has 2 amide bonds. The monoisotopic (exact) mass is 437 g/mol. The molecule has 0 unspecified atom stereocenters. The maximum absolute atomic E-state index is 12.3. The van der Waals surface area contributed by atoms with Gasteiger partial charge in [-0.2, -0.15) is 5.10 Å². The van der Waals surface area contributed by atoms with Gasteiger partial charge in [0.15, 0.2) is 0 Å². The Morgan fingerprint density at radius 1 is 1.09 bits per heavy atom. The average Bonchev–Trinajstić information content (AvgIpc) is 2.83. The molecule has 1 atom stereocenters. The molecule has 166 valence electrons. The summed E-state index contributed by atoms with van der Waals surface area (Å²) in [6.45, 7) is 0.154. The Morgan fingerprint density at radius 3 is 2.47 bits per heavy atom. The fourth-order valence-electron chi connectivity index (χ4n) is 2.88. The number of aromatic amines is 1. The van der Waals surface area contributed by atoms with Gasteiger partial charge in [-0.3, -0.25) is 10.1 Å². The van der Waals surface area contributed by atoms with E-state index in [1.165, 1.54) is 7.11 Å². The van der Waals surface area contributed by atoms with Crippen LogP contribution in [0.1, 0.15) is 17.3 Å². The highest BCUT2D eigenvalue weighted by Gasteiger charge is 2.18. The number of hydrogen-bond acceptors (Lipinski definition) is 7. The zero-order valence-corrected chi connectivity index (χ0v) is 17.3. The van der Waals surface area contributed by atoms with Crippen LogP contribution in [-0.2, 0) is 16.1 Å². The summed E-state index contributed by atoms with van der Waals surface area (Å²) >= 11 is 0. The Bertz CT molecular complexity index is 1120. The molecule has 1 heterocycles. The fraction of sp³-hybridized carbons (Fsp3) is 0.182. The number of carbonyl (C=O) groups excluding carboxylic acids is 2. The number of ether oxygens (including phenoxy) is 2. The first-order valence-electron chi connectivity index (χ1n) is 9.72. The van der Waals surface area contributed by atoms with Gasteiger partial charge >= 0.3 is 12.2 Å². The Kier molecular flexibility index (Phi) is 7.55. The van der Waals surface area contributed by atoms with E-state index < -0.39 is 23.8 Å². The second-order valence-corrected chi connectivity index (χ2v) is 6.72. The van der Waals surface area contributed by atoms with E-state index in [4.69, 9.17) is 10.5 Å². The minimum atomic E-state index is -0.672. The number of aromatic nitrogens is 2. The molecule has 10 heteroatoms. The summed E-state index contributed by atoms with van der Waals surface area (Å²) in [4.78, 5) is 35.8. The molecule has 5 N–H and O–H groups in total. The summed E-state index contributed by atoms with van der Waals surface area (Å²) in [6.07, 6.45) is -1.25. The van der Waals surface area contributed by atoms with E-state index in [0.717, 1.165) is 5.56 Å². The number of H-pyrrole nitrogens is 1. The Labute approximate surface area is 183 Å². The van der Waals surface area contributed by atoms with Crippen LogP contribution in [0, 0.1) is 0 Å². The number of anilines is 1. The minimum absolute atomic E-state index is 0.0426. The molecular formula is C22H23N5O5. The standard InChI is InChI=1S/C22H23N5O5/c1-31-21(29)24-16-9-7-15(8-10-16)17-11-18(26-27-20(17)28)19(12-23)25-22(30)32-13-14-5-3-2-4-6-14/h2-11,19H,12-13,23H2,1H3,(H,24,29)(H,25,30)(H,27,28)/t19-/m0/s1. The normalized spacial score (nSPS) is 11.3. The van der Waals surface area contributed by atoms with Crippen LogP contribution in [-0.4, -0.2) is 36.0 Å². The van der Waals surface area contributed by atoms with Crippen molar-refractivity contribution in [2.24, 2.45) is 5.73 Å². The van der Waals surface area contributed by atoms with E-state index in [-0.39, 0.29) is 13.2 Å². The number of alkyl carbamates (subject to hydrolysis) is 1. The molecule has 1 aromatic heterocycles. The predicted molar refractivity (Wildman–Crippen MR) is 118 cm³/mol. The summed E-state index contributed by atoms with van der Waals surface area (Å²) < 4.78 is 9.77. The lowest BCUT2D eigenvalue weighted by molar-refractivity contribution is 0.135. The van der Waals surface area contributed by atoms with Crippen LogP contribution >= 0.6 is 0 Å². The van der Waals surface area contributed by atoms with Gasteiger partial charge in [0.25, 0.3) is 5.56 Å². The number of rotatable bonds is 7. The highest BCUT2D eigenvalue weighted by Crippen LogP contribution is 2.20. The lowest BCUT2D eigenvalue weighted by Crippen LogP contribution is -2.35. The van der Waals surface area contributed by atoms with Crippen LogP contribution in [0.4, 0.5) is 15.3 Å². The Hall–Kier alpha value is -4.18.